The van der Waals surface area contributed by atoms with Crippen LogP contribution in [0.2, 0.25) is 0 Å². The maximum atomic E-state index is 4.89. The van der Waals surface area contributed by atoms with Gasteiger partial charge in [-0.25, -0.2) is 0 Å². The fourth-order valence-corrected chi connectivity index (χ4v) is 1.60. The first kappa shape index (κ1) is 7.42. The lowest BCUT2D eigenvalue weighted by atomic mass is 10.0. The van der Waals surface area contributed by atoms with Crippen molar-refractivity contribution in [3.05, 3.63) is 0 Å². The van der Waals surface area contributed by atoms with Crippen LogP contribution in [-0.4, -0.2) is 18.3 Å². The largest absolute Gasteiger partial charge is 0.314 e. The summed E-state index contributed by atoms with van der Waals surface area (Å²) in [6, 6.07) is 0.747. The maximum absolute atomic E-state index is 4.89. The molecule has 0 aromatic rings. The van der Waals surface area contributed by atoms with Crippen molar-refractivity contribution in [3.63, 3.8) is 0 Å². The van der Waals surface area contributed by atoms with Gasteiger partial charge in [0.15, 0.2) is 0 Å². The molecule has 2 heteroatoms. The zero-order valence-corrected chi connectivity index (χ0v) is 6.54. The van der Waals surface area contributed by atoms with Gasteiger partial charge in [0.2, 0.25) is 0 Å². The highest BCUT2D eigenvalue weighted by Gasteiger charge is 2.10. The van der Waals surface area contributed by atoms with E-state index in [1.807, 2.05) is 0 Å². The molecule has 1 aliphatic heterocycles. The molecule has 53 valence electrons. The predicted molar refractivity (Wildman–Crippen MR) is 42.7 cm³/mol. The third-order valence-electron chi connectivity index (χ3n) is 1.88. The topological polar surface area (TPSA) is 12.0 Å². The summed E-state index contributed by atoms with van der Waals surface area (Å²) < 4.78 is 0. The van der Waals surface area contributed by atoms with Crippen LogP contribution in [0.4, 0.5) is 0 Å². The highest BCUT2D eigenvalue weighted by molar-refractivity contribution is 7.80. The molecule has 0 spiro atoms. The van der Waals surface area contributed by atoms with Crippen molar-refractivity contribution in [2.75, 3.05) is 12.3 Å². The molecule has 0 bridgehead atoms. The fourth-order valence-electron chi connectivity index (χ4n) is 1.31. The minimum absolute atomic E-state index is 0.747. The van der Waals surface area contributed by atoms with Crippen LogP contribution in [0.15, 0.2) is 0 Å². The van der Waals surface area contributed by atoms with Crippen molar-refractivity contribution in [3.8, 4) is 0 Å². The van der Waals surface area contributed by atoms with E-state index < -0.39 is 0 Å². The number of hydrogen-bond donors (Lipinski definition) is 1. The van der Waals surface area contributed by atoms with Crippen molar-refractivity contribution in [2.45, 2.75) is 31.7 Å². The van der Waals surface area contributed by atoms with E-state index in [-0.39, 0.29) is 0 Å². The Morgan fingerprint density at radius 3 is 2.89 bits per heavy atom. The molecule has 0 aromatic carbocycles. The Kier molecular flexibility index (Phi) is 3.44. The molecule has 1 saturated heterocycles. The minimum atomic E-state index is 0.747. The second-order valence-electron chi connectivity index (χ2n) is 2.64. The van der Waals surface area contributed by atoms with Gasteiger partial charge < -0.3 is 5.32 Å². The van der Waals surface area contributed by atoms with Crippen LogP contribution in [0.5, 0.6) is 0 Å². The van der Waals surface area contributed by atoms with Gasteiger partial charge in [0.25, 0.3) is 0 Å². The van der Waals surface area contributed by atoms with Crippen molar-refractivity contribution in [1.82, 2.24) is 5.32 Å². The van der Waals surface area contributed by atoms with Gasteiger partial charge in [-0.05, 0) is 25.8 Å². The predicted octanol–water partition coefficient (Wildman–Crippen LogP) is 1.72. The van der Waals surface area contributed by atoms with Crippen LogP contribution < -0.4 is 5.32 Å². The number of rotatable bonds is 2. The first-order valence-corrected chi connectivity index (χ1v) is 4.32. The van der Waals surface area contributed by atoms with E-state index in [0.717, 1.165) is 11.8 Å². The minimum Gasteiger partial charge on any atom is -0.314 e. The molecular formula is C7H14NS. The summed E-state index contributed by atoms with van der Waals surface area (Å²) in [4.78, 5) is 0. The Labute approximate surface area is 62.6 Å². The molecule has 1 atom stereocenters. The molecule has 1 nitrogen and oxygen atoms in total. The molecule has 0 aliphatic carbocycles. The Morgan fingerprint density at radius 2 is 2.33 bits per heavy atom. The van der Waals surface area contributed by atoms with Gasteiger partial charge in [0, 0.05) is 11.8 Å². The van der Waals surface area contributed by atoms with Crippen molar-refractivity contribution in [2.24, 2.45) is 0 Å². The molecule has 1 heterocycles. The average molecular weight is 144 g/mol. The molecular weight excluding hydrogens is 130 g/mol. The van der Waals surface area contributed by atoms with Gasteiger partial charge in [0.05, 0.1) is 0 Å². The van der Waals surface area contributed by atoms with E-state index in [9.17, 15) is 0 Å². The smallest absolute Gasteiger partial charge is 0.00752 e. The SMILES string of the molecule is [S]CCC1CCCCN1. The lowest BCUT2D eigenvalue weighted by molar-refractivity contribution is 0.395. The summed E-state index contributed by atoms with van der Waals surface area (Å²) in [5, 5.41) is 3.45. The van der Waals surface area contributed by atoms with Gasteiger partial charge in [-0.2, -0.15) is 0 Å². The standard InChI is InChI=1S/C7H14NS/c9-6-4-7-3-1-2-5-8-7/h7-8H,1-6H2. The highest BCUT2D eigenvalue weighted by Crippen LogP contribution is 2.09. The average Bonchev–Trinajstić information content (AvgIpc) is 1.91. The quantitative estimate of drug-likeness (QED) is 0.622. The molecule has 1 aliphatic rings. The van der Waals surface area contributed by atoms with Gasteiger partial charge in [-0.3, -0.25) is 0 Å². The first-order valence-electron chi connectivity index (χ1n) is 3.75. The summed E-state index contributed by atoms with van der Waals surface area (Å²) in [5.41, 5.74) is 0. The number of nitrogens with one attached hydrogen (secondary N) is 1. The summed E-state index contributed by atoms with van der Waals surface area (Å²) in [7, 11) is 0. The van der Waals surface area contributed by atoms with E-state index in [4.69, 9.17) is 12.6 Å². The molecule has 0 amide bonds. The van der Waals surface area contributed by atoms with E-state index in [0.29, 0.717) is 0 Å². The zero-order valence-electron chi connectivity index (χ0n) is 5.73. The molecule has 9 heavy (non-hydrogen) atoms. The molecule has 0 aromatic heterocycles. The molecule has 1 unspecified atom stereocenters. The summed E-state index contributed by atoms with van der Waals surface area (Å²) in [6.07, 6.45) is 5.28. The molecule has 1 N–H and O–H groups in total. The van der Waals surface area contributed by atoms with E-state index in [1.54, 1.807) is 0 Å². The van der Waals surface area contributed by atoms with Crippen LogP contribution >= 0.6 is 12.6 Å². The zero-order chi connectivity index (χ0) is 6.53. The van der Waals surface area contributed by atoms with Crippen LogP contribution in [0.25, 0.3) is 0 Å². The van der Waals surface area contributed by atoms with Gasteiger partial charge in [0.1, 0.15) is 0 Å². The third kappa shape index (κ3) is 2.59. The molecule has 1 radical (unpaired) electrons. The molecule has 0 saturated carbocycles. The normalized spacial score (nSPS) is 28.3. The Morgan fingerprint density at radius 1 is 1.44 bits per heavy atom. The first-order chi connectivity index (χ1) is 4.43. The number of hydrogen-bond acceptors (Lipinski definition) is 1. The second kappa shape index (κ2) is 4.18. The van der Waals surface area contributed by atoms with Crippen LogP contribution in [0.1, 0.15) is 25.7 Å². The monoisotopic (exact) mass is 144 g/mol. The van der Waals surface area contributed by atoms with E-state index in [1.165, 1.54) is 32.2 Å². The number of piperidine rings is 1. The van der Waals surface area contributed by atoms with Crippen molar-refractivity contribution < 1.29 is 0 Å². The van der Waals surface area contributed by atoms with Crippen molar-refractivity contribution in [1.29, 1.82) is 0 Å². The van der Waals surface area contributed by atoms with Gasteiger partial charge in [-0.15, -0.1) is 0 Å². The molecule has 1 fully saturated rings. The van der Waals surface area contributed by atoms with Crippen LogP contribution in [-0.2, 0) is 0 Å². The summed E-state index contributed by atoms with van der Waals surface area (Å²) in [5.74, 6) is 0.914. The van der Waals surface area contributed by atoms with Gasteiger partial charge in [-0.1, -0.05) is 19.0 Å². The van der Waals surface area contributed by atoms with E-state index in [2.05, 4.69) is 5.32 Å². The third-order valence-corrected chi connectivity index (χ3v) is 2.11. The van der Waals surface area contributed by atoms with Crippen molar-refractivity contribution >= 4 is 12.6 Å². The lowest BCUT2D eigenvalue weighted by Crippen LogP contribution is -2.34. The van der Waals surface area contributed by atoms with Crippen LogP contribution in [0.3, 0.4) is 0 Å². The fraction of sp³-hybridized carbons (Fsp3) is 1.00. The maximum Gasteiger partial charge on any atom is 0.00752 e. The van der Waals surface area contributed by atoms with Crippen LogP contribution in [0, 0.1) is 0 Å². The summed E-state index contributed by atoms with van der Waals surface area (Å²) in [6.45, 7) is 1.21. The second-order valence-corrected chi connectivity index (χ2v) is 3.05. The summed E-state index contributed by atoms with van der Waals surface area (Å²) >= 11 is 4.89. The highest BCUT2D eigenvalue weighted by atomic mass is 32.1. The van der Waals surface area contributed by atoms with Gasteiger partial charge >= 0.3 is 0 Å². The van der Waals surface area contributed by atoms with E-state index >= 15 is 0 Å². The Bertz CT molecular complexity index is 66.6. The molecule has 1 rings (SSSR count). The Balaban J connectivity index is 2.08. The lowest BCUT2D eigenvalue weighted by Gasteiger charge is -2.22. The Hall–Kier alpha value is 0.310.